The number of nitrogens with one attached hydrogen (secondary N) is 1. The second kappa shape index (κ2) is 6.00. The Hall–Kier alpha value is -1.36. The van der Waals surface area contributed by atoms with Crippen LogP contribution in [0.3, 0.4) is 0 Å². The first kappa shape index (κ1) is 14.7. The predicted molar refractivity (Wildman–Crippen MR) is 62.5 cm³/mol. The van der Waals surface area contributed by atoms with E-state index < -0.39 is 17.6 Å². The molecule has 0 aliphatic rings. The summed E-state index contributed by atoms with van der Waals surface area (Å²) in [7, 11) is 0. The monoisotopic (exact) mass is 261 g/mol. The lowest BCUT2D eigenvalue weighted by atomic mass is 10.1. The van der Waals surface area contributed by atoms with Gasteiger partial charge in [-0.1, -0.05) is 17.7 Å². The summed E-state index contributed by atoms with van der Waals surface area (Å²) < 4.78 is 50.4. The van der Waals surface area contributed by atoms with Crippen molar-refractivity contribution in [1.82, 2.24) is 5.32 Å². The van der Waals surface area contributed by atoms with Gasteiger partial charge in [0.2, 0.25) is 0 Å². The zero-order valence-corrected chi connectivity index (χ0v) is 10.2. The topological polar surface area (TPSA) is 12.0 Å². The molecule has 0 bridgehead atoms. The van der Waals surface area contributed by atoms with Crippen LogP contribution < -0.4 is 5.32 Å². The number of allylic oxidation sites excluding steroid dienone is 1. The Kier molecular flexibility index (Phi) is 4.90. The fourth-order valence-electron chi connectivity index (χ4n) is 1.39. The van der Waals surface area contributed by atoms with E-state index in [1.807, 2.05) is 19.9 Å². The second-order valence-corrected chi connectivity index (χ2v) is 4.22. The van der Waals surface area contributed by atoms with Crippen molar-refractivity contribution in [2.45, 2.75) is 26.6 Å². The Balaban J connectivity index is 2.71. The molecule has 0 aliphatic carbocycles. The molecule has 0 unspecified atom stereocenters. The molecule has 0 saturated carbocycles. The third-order valence-electron chi connectivity index (χ3n) is 2.32. The summed E-state index contributed by atoms with van der Waals surface area (Å²) in [6, 6.07) is 3.03. The first-order valence-electron chi connectivity index (χ1n) is 5.50. The molecule has 1 N–H and O–H groups in total. The van der Waals surface area contributed by atoms with E-state index in [0.29, 0.717) is 12.1 Å². The number of hydrogen-bond donors (Lipinski definition) is 1. The van der Waals surface area contributed by atoms with E-state index in [9.17, 15) is 17.6 Å². The molecular formula is C13H15F4N. The van der Waals surface area contributed by atoms with Crippen molar-refractivity contribution in [2.24, 2.45) is 0 Å². The molecule has 0 aromatic heterocycles. The van der Waals surface area contributed by atoms with Crippen LogP contribution in [0.5, 0.6) is 0 Å². The van der Waals surface area contributed by atoms with Gasteiger partial charge in [0, 0.05) is 13.1 Å². The highest BCUT2D eigenvalue weighted by Gasteiger charge is 2.34. The molecule has 0 atom stereocenters. The summed E-state index contributed by atoms with van der Waals surface area (Å²) in [5, 5.41) is 2.96. The summed E-state index contributed by atoms with van der Waals surface area (Å²) in [4.78, 5) is 0. The molecule has 1 rings (SSSR count). The van der Waals surface area contributed by atoms with E-state index in [1.165, 1.54) is 6.07 Å². The highest BCUT2D eigenvalue weighted by Crippen LogP contribution is 2.31. The smallest absolute Gasteiger partial charge is 0.309 e. The van der Waals surface area contributed by atoms with Gasteiger partial charge < -0.3 is 5.32 Å². The van der Waals surface area contributed by atoms with E-state index in [1.54, 1.807) is 0 Å². The maximum Gasteiger partial charge on any atom is 0.419 e. The Bertz CT molecular complexity index is 431. The van der Waals surface area contributed by atoms with Crippen LogP contribution in [0, 0.1) is 5.82 Å². The van der Waals surface area contributed by atoms with Gasteiger partial charge in [0.1, 0.15) is 5.82 Å². The van der Waals surface area contributed by atoms with Crippen LogP contribution in [0.15, 0.2) is 29.8 Å². The van der Waals surface area contributed by atoms with Crippen molar-refractivity contribution in [3.8, 4) is 0 Å². The molecule has 0 spiro atoms. The van der Waals surface area contributed by atoms with Crippen molar-refractivity contribution in [1.29, 1.82) is 0 Å². The molecule has 0 radical (unpaired) electrons. The van der Waals surface area contributed by atoms with Crippen molar-refractivity contribution in [2.75, 3.05) is 6.54 Å². The van der Waals surface area contributed by atoms with Crippen molar-refractivity contribution < 1.29 is 17.6 Å². The predicted octanol–water partition coefficient (Wildman–Crippen LogP) is 3.90. The Morgan fingerprint density at radius 1 is 1.28 bits per heavy atom. The largest absolute Gasteiger partial charge is 0.419 e. The summed E-state index contributed by atoms with van der Waals surface area (Å²) in [5.74, 6) is -1.24. The first-order chi connectivity index (χ1) is 8.30. The second-order valence-electron chi connectivity index (χ2n) is 4.22. The van der Waals surface area contributed by atoms with Crippen molar-refractivity contribution in [3.63, 3.8) is 0 Å². The zero-order chi connectivity index (χ0) is 13.8. The number of rotatable bonds is 4. The standard InChI is InChI=1S/C13H15F4N/c1-9(2)5-6-18-8-10-3-4-12(14)11(7-10)13(15,16)17/h3-5,7,18H,6,8H2,1-2H3. The van der Waals surface area contributed by atoms with Crippen LogP contribution in [0.2, 0.25) is 0 Å². The van der Waals surface area contributed by atoms with Crippen LogP contribution in [0.25, 0.3) is 0 Å². The molecular weight excluding hydrogens is 246 g/mol. The molecule has 0 amide bonds. The van der Waals surface area contributed by atoms with Gasteiger partial charge in [-0.25, -0.2) is 4.39 Å². The van der Waals surface area contributed by atoms with Gasteiger partial charge in [0.25, 0.3) is 0 Å². The molecule has 0 fully saturated rings. The normalized spacial score (nSPS) is 11.4. The summed E-state index contributed by atoms with van der Waals surface area (Å²) in [5.41, 5.74) is 0.312. The highest BCUT2D eigenvalue weighted by molar-refractivity contribution is 5.27. The maximum atomic E-state index is 13.0. The lowest BCUT2D eigenvalue weighted by Gasteiger charge is -2.10. The van der Waals surface area contributed by atoms with Gasteiger partial charge in [-0.05, 0) is 31.5 Å². The van der Waals surface area contributed by atoms with Crippen LogP contribution in [0.1, 0.15) is 25.0 Å². The van der Waals surface area contributed by atoms with E-state index in [4.69, 9.17) is 0 Å². The fraction of sp³-hybridized carbons (Fsp3) is 0.385. The number of halogens is 4. The van der Waals surface area contributed by atoms with Crippen molar-refractivity contribution >= 4 is 0 Å². The van der Waals surface area contributed by atoms with Crippen LogP contribution >= 0.6 is 0 Å². The minimum atomic E-state index is -4.65. The average molecular weight is 261 g/mol. The molecule has 1 nitrogen and oxygen atoms in total. The fourth-order valence-corrected chi connectivity index (χ4v) is 1.39. The van der Waals surface area contributed by atoms with Gasteiger partial charge in [-0.2, -0.15) is 13.2 Å². The maximum absolute atomic E-state index is 13.0. The quantitative estimate of drug-likeness (QED) is 0.492. The third-order valence-corrected chi connectivity index (χ3v) is 2.32. The van der Waals surface area contributed by atoms with Crippen molar-refractivity contribution in [3.05, 3.63) is 46.8 Å². The molecule has 0 saturated heterocycles. The summed E-state index contributed by atoms with van der Waals surface area (Å²) in [6.07, 6.45) is -2.73. The van der Waals surface area contributed by atoms with E-state index in [-0.39, 0.29) is 6.54 Å². The van der Waals surface area contributed by atoms with Crippen LogP contribution in [-0.2, 0) is 12.7 Å². The van der Waals surface area contributed by atoms with Gasteiger partial charge in [0.05, 0.1) is 5.56 Å². The Morgan fingerprint density at radius 2 is 1.94 bits per heavy atom. The lowest BCUT2D eigenvalue weighted by Crippen LogP contribution is -2.15. The van der Waals surface area contributed by atoms with Gasteiger partial charge in [-0.3, -0.25) is 0 Å². The minimum absolute atomic E-state index is 0.271. The number of benzene rings is 1. The average Bonchev–Trinajstić information content (AvgIpc) is 2.24. The lowest BCUT2D eigenvalue weighted by molar-refractivity contribution is -0.140. The molecule has 0 aliphatic heterocycles. The number of alkyl halides is 3. The molecule has 18 heavy (non-hydrogen) atoms. The van der Waals surface area contributed by atoms with E-state index in [2.05, 4.69) is 5.32 Å². The SMILES string of the molecule is CC(C)=CCNCc1ccc(F)c(C(F)(F)F)c1. The molecule has 100 valence electrons. The van der Waals surface area contributed by atoms with Crippen LogP contribution in [-0.4, -0.2) is 6.54 Å². The summed E-state index contributed by atoms with van der Waals surface area (Å²) >= 11 is 0. The van der Waals surface area contributed by atoms with E-state index >= 15 is 0 Å². The van der Waals surface area contributed by atoms with Gasteiger partial charge in [0.15, 0.2) is 0 Å². The molecule has 5 heteroatoms. The summed E-state index contributed by atoms with van der Waals surface area (Å²) in [6.45, 7) is 4.71. The van der Waals surface area contributed by atoms with Gasteiger partial charge >= 0.3 is 6.18 Å². The highest BCUT2D eigenvalue weighted by atomic mass is 19.4. The minimum Gasteiger partial charge on any atom is -0.309 e. The van der Waals surface area contributed by atoms with Crippen LogP contribution in [0.4, 0.5) is 17.6 Å². The Labute approximate surface area is 104 Å². The number of hydrogen-bond acceptors (Lipinski definition) is 1. The molecule has 1 aromatic rings. The molecule has 1 aromatic carbocycles. The first-order valence-corrected chi connectivity index (χ1v) is 5.50. The van der Waals surface area contributed by atoms with Gasteiger partial charge in [-0.15, -0.1) is 0 Å². The van der Waals surface area contributed by atoms with E-state index in [0.717, 1.165) is 17.7 Å². The molecule has 0 heterocycles. The zero-order valence-electron chi connectivity index (χ0n) is 10.2. The third kappa shape index (κ3) is 4.49. The Morgan fingerprint density at radius 3 is 2.50 bits per heavy atom.